The molecule has 1 atom stereocenters. The van der Waals surface area contributed by atoms with Crippen LogP contribution in [0.2, 0.25) is 0 Å². The van der Waals surface area contributed by atoms with E-state index >= 15 is 0 Å². The van der Waals surface area contributed by atoms with Crippen LogP contribution >= 0.6 is 31.9 Å². The summed E-state index contributed by atoms with van der Waals surface area (Å²) < 4.78 is 6.47. The smallest absolute Gasteiger partial charge is 0.119 e. The van der Waals surface area contributed by atoms with E-state index in [0.29, 0.717) is 4.83 Å². The van der Waals surface area contributed by atoms with Crippen LogP contribution < -0.4 is 4.74 Å². The number of halogens is 2. The zero-order chi connectivity index (χ0) is 13.8. The third-order valence-corrected chi connectivity index (χ3v) is 5.45. The lowest BCUT2D eigenvalue weighted by Crippen LogP contribution is -2.35. The van der Waals surface area contributed by atoms with Crippen molar-refractivity contribution in [2.24, 2.45) is 5.92 Å². The van der Waals surface area contributed by atoms with Crippen LogP contribution in [0, 0.1) is 5.92 Å². The quantitative estimate of drug-likeness (QED) is 0.704. The first kappa shape index (κ1) is 15.3. The number of ether oxygens (including phenoxy) is 1. The molecule has 1 saturated heterocycles. The van der Waals surface area contributed by atoms with E-state index < -0.39 is 0 Å². The molecule has 19 heavy (non-hydrogen) atoms. The van der Waals surface area contributed by atoms with Gasteiger partial charge in [0.1, 0.15) is 5.75 Å². The summed E-state index contributed by atoms with van der Waals surface area (Å²) in [6.45, 7) is 5.63. The summed E-state index contributed by atoms with van der Waals surface area (Å²) in [7, 11) is 1.72. The Bertz CT molecular complexity index is 415. The molecule has 0 aromatic heterocycles. The lowest BCUT2D eigenvalue weighted by atomic mass is 9.94. The van der Waals surface area contributed by atoms with Crippen LogP contribution in [-0.4, -0.2) is 29.9 Å². The number of rotatable bonds is 4. The van der Waals surface area contributed by atoms with Crippen molar-refractivity contribution in [3.63, 3.8) is 0 Å². The van der Waals surface area contributed by atoms with E-state index in [0.717, 1.165) is 18.2 Å². The fourth-order valence-electron chi connectivity index (χ4n) is 2.61. The van der Waals surface area contributed by atoms with E-state index in [1.807, 2.05) is 6.07 Å². The Balaban J connectivity index is 1.95. The Hall–Kier alpha value is -0.0600. The monoisotopic (exact) mass is 389 g/mol. The molecule has 0 aliphatic carbocycles. The molecule has 0 saturated carbocycles. The van der Waals surface area contributed by atoms with Gasteiger partial charge in [-0.05, 0) is 55.6 Å². The number of hydrogen-bond acceptors (Lipinski definition) is 2. The van der Waals surface area contributed by atoms with E-state index in [9.17, 15) is 0 Å². The van der Waals surface area contributed by atoms with E-state index in [1.165, 1.54) is 36.0 Å². The zero-order valence-electron chi connectivity index (χ0n) is 11.5. The van der Waals surface area contributed by atoms with Gasteiger partial charge in [-0.25, -0.2) is 0 Å². The normalized spacial score (nSPS) is 19.4. The first-order chi connectivity index (χ1) is 9.10. The van der Waals surface area contributed by atoms with Crippen molar-refractivity contribution in [1.82, 2.24) is 4.90 Å². The van der Waals surface area contributed by atoms with Crippen molar-refractivity contribution in [3.05, 3.63) is 28.2 Å². The summed E-state index contributed by atoms with van der Waals surface area (Å²) >= 11 is 7.34. The van der Waals surface area contributed by atoms with E-state index in [-0.39, 0.29) is 0 Å². The first-order valence-electron chi connectivity index (χ1n) is 6.79. The average molecular weight is 391 g/mol. The second kappa shape index (κ2) is 7.09. The van der Waals surface area contributed by atoms with Gasteiger partial charge in [0.05, 0.1) is 7.11 Å². The van der Waals surface area contributed by atoms with Crippen LogP contribution in [0.25, 0.3) is 0 Å². The standard InChI is InChI=1S/C15H21Br2NO/c1-11(16)12-5-7-18(8-6-12)10-13-9-14(19-2)3-4-15(13)17/h3-4,9,11-12H,5-8,10H2,1-2H3. The molecule has 0 N–H and O–H groups in total. The van der Waals surface area contributed by atoms with E-state index in [1.54, 1.807) is 7.11 Å². The fourth-order valence-corrected chi connectivity index (χ4v) is 3.51. The SMILES string of the molecule is COc1ccc(Br)c(CN2CCC(C(C)Br)CC2)c1. The number of hydrogen-bond donors (Lipinski definition) is 0. The third-order valence-electron chi connectivity index (χ3n) is 3.93. The van der Waals surface area contributed by atoms with Gasteiger partial charge in [-0.3, -0.25) is 4.90 Å². The maximum absolute atomic E-state index is 5.30. The summed E-state index contributed by atoms with van der Waals surface area (Å²) in [4.78, 5) is 3.17. The maximum atomic E-state index is 5.30. The van der Waals surface area contributed by atoms with Crippen LogP contribution in [0.4, 0.5) is 0 Å². The highest BCUT2D eigenvalue weighted by atomic mass is 79.9. The highest BCUT2D eigenvalue weighted by molar-refractivity contribution is 9.10. The molecular formula is C15H21Br2NO. The summed E-state index contributed by atoms with van der Waals surface area (Å²) in [5.41, 5.74) is 1.31. The zero-order valence-corrected chi connectivity index (χ0v) is 14.7. The molecular weight excluding hydrogens is 370 g/mol. The van der Waals surface area contributed by atoms with Crippen molar-refractivity contribution >= 4 is 31.9 Å². The molecule has 0 spiro atoms. The number of benzene rings is 1. The molecule has 1 unspecified atom stereocenters. The largest absolute Gasteiger partial charge is 0.497 e. The van der Waals surface area contributed by atoms with Gasteiger partial charge in [0.15, 0.2) is 0 Å². The summed E-state index contributed by atoms with van der Waals surface area (Å²) in [5.74, 6) is 1.76. The van der Waals surface area contributed by atoms with Crippen LogP contribution in [0.5, 0.6) is 5.75 Å². The fraction of sp³-hybridized carbons (Fsp3) is 0.600. The highest BCUT2D eigenvalue weighted by Gasteiger charge is 2.22. The van der Waals surface area contributed by atoms with Crippen LogP contribution in [0.15, 0.2) is 22.7 Å². The van der Waals surface area contributed by atoms with Gasteiger partial charge in [0.2, 0.25) is 0 Å². The Morgan fingerprint density at radius 1 is 1.37 bits per heavy atom. The van der Waals surface area contributed by atoms with Crippen LogP contribution in [-0.2, 0) is 6.54 Å². The second-order valence-electron chi connectivity index (χ2n) is 5.25. The van der Waals surface area contributed by atoms with Crippen molar-refractivity contribution in [3.8, 4) is 5.75 Å². The predicted molar refractivity (Wildman–Crippen MR) is 87.1 cm³/mol. The van der Waals surface area contributed by atoms with Gasteiger partial charge in [-0.15, -0.1) is 0 Å². The minimum atomic E-state index is 0.637. The Labute approximate surface area is 132 Å². The Morgan fingerprint density at radius 3 is 2.63 bits per heavy atom. The number of methoxy groups -OCH3 is 1. The lowest BCUT2D eigenvalue weighted by molar-refractivity contribution is 0.178. The molecule has 1 aromatic carbocycles. The van der Waals surface area contributed by atoms with Crippen molar-refractivity contribution in [2.75, 3.05) is 20.2 Å². The van der Waals surface area contributed by atoms with Crippen molar-refractivity contribution < 1.29 is 4.74 Å². The molecule has 1 heterocycles. The molecule has 2 nitrogen and oxygen atoms in total. The average Bonchev–Trinajstić information content (AvgIpc) is 2.42. The lowest BCUT2D eigenvalue weighted by Gasteiger charge is -2.33. The van der Waals surface area contributed by atoms with Crippen LogP contribution in [0.3, 0.4) is 0 Å². The van der Waals surface area contributed by atoms with E-state index in [4.69, 9.17) is 4.74 Å². The van der Waals surface area contributed by atoms with Gasteiger partial charge >= 0.3 is 0 Å². The highest BCUT2D eigenvalue weighted by Crippen LogP contribution is 2.28. The molecule has 0 bridgehead atoms. The minimum Gasteiger partial charge on any atom is -0.497 e. The van der Waals surface area contributed by atoms with Crippen molar-refractivity contribution in [2.45, 2.75) is 31.1 Å². The molecule has 0 radical (unpaired) electrons. The molecule has 1 aliphatic heterocycles. The molecule has 4 heteroatoms. The minimum absolute atomic E-state index is 0.637. The number of likely N-dealkylation sites (tertiary alicyclic amines) is 1. The summed E-state index contributed by atoms with van der Waals surface area (Å²) in [6.07, 6.45) is 2.57. The molecule has 1 aromatic rings. The Kier molecular flexibility index (Phi) is 5.72. The van der Waals surface area contributed by atoms with Gasteiger partial charge in [0.25, 0.3) is 0 Å². The van der Waals surface area contributed by atoms with Gasteiger partial charge in [-0.1, -0.05) is 38.8 Å². The second-order valence-corrected chi connectivity index (χ2v) is 7.55. The Morgan fingerprint density at radius 2 is 2.05 bits per heavy atom. The van der Waals surface area contributed by atoms with Crippen LogP contribution in [0.1, 0.15) is 25.3 Å². The number of nitrogens with zero attached hydrogens (tertiary/aromatic N) is 1. The van der Waals surface area contributed by atoms with Gasteiger partial charge in [0, 0.05) is 15.8 Å². The van der Waals surface area contributed by atoms with E-state index in [2.05, 4.69) is 55.8 Å². The maximum Gasteiger partial charge on any atom is 0.119 e. The molecule has 106 valence electrons. The van der Waals surface area contributed by atoms with Gasteiger partial charge < -0.3 is 4.74 Å². The first-order valence-corrected chi connectivity index (χ1v) is 8.50. The topological polar surface area (TPSA) is 12.5 Å². The molecule has 1 aliphatic rings. The number of piperidine rings is 1. The molecule has 0 amide bonds. The number of alkyl halides is 1. The van der Waals surface area contributed by atoms with Gasteiger partial charge in [-0.2, -0.15) is 0 Å². The summed E-state index contributed by atoms with van der Waals surface area (Å²) in [5, 5.41) is 0. The third kappa shape index (κ3) is 4.20. The predicted octanol–water partition coefficient (Wildman–Crippen LogP) is 4.45. The molecule has 1 fully saturated rings. The van der Waals surface area contributed by atoms with Crippen molar-refractivity contribution in [1.29, 1.82) is 0 Å². The molecule has 2 rings (SSSR count). The summed E-state index contributed by atoms with van der Waals surface area (Å²) in [6, 6.07) is 6.19.